The van der Waals surface area contributed by atoms with Gasteiger partial charge in [0.25, 0.3) is 0 Å². The Kier molecular flexibility index (Phi) is 2.43. The number of nitrogens with zero attached hydrogens (tertiary/aromatic N) is 1. The van der Waals surface area contributed by atoms with Crippen LogP contribution in [0.25, 0.3) is 0 Å². The number of para-hydroxylation sites is 1. The van der Waals surface area contributed by atoms with Gasteiger partial charge in [0.2, 0.25) is 0 Å². The molecule has 0 saturated carbocycles. The van der Waals surface area contributed by atoms with Gasteiger partial charge in [-0.15, -0.1) is 15.4 Å². The van der Waals surface area contributed by atoms with E-state index < -0.39 is 6.29 Å². The predicted molar refractivity (Wildman–Crippen MR) is 63.2 cm³/mol. The third-order valence-corrected chi connectivity index (χ3v) is 3.29. The van der Waals surface area contributed by atoms with Crippen LogP contribution < -0.4 is 14.4 Å². The molecule has 0 aromatic heterocycles. The maximum absolute atomic E-state index is 13.1. The van der Waals surface area contributed by atoms with Crippen molar-refractivity contribution in [2.24, 2.45) is 0 Å². The van der Waals surface area contributed by atoms with Crippen molar-refractivity contribution in [1.29, 1.82) is 0 Å². The van der Waals surface area contributed by atoms with Gasteiger partial charge in [0.1, 0.15) is 0 Å². The van der Waals surface area contributed by atoms with Gasteiger partial charge in [0.15, 0.2) is 11.5 Å². The van der Waals surface area contributed by atoms with Crippen LogP contribution >= 0.6 is 0 Å². The van der Waals surface area contributed by atoms with Gasteiger partial charge in [-0.1, -0.05) is 12.1 Å². The number of fused-ring (bicyclic) bond motifs is 1. The van der Waals surface area contributed by atoms with Crippen LogP contribution in [0.3, 0.4) is 0 Å². The van der Waals surface area contributed by atoms with E-state index in [1.165, 1.54) is 6.07 Å². The Balaban J connectivity index is 2.00. The van der Waals surface area contributed by atoms with Gasteiger partial charge in [0.05, 0.1) is 5.69 Å². The second kappa shape index (κ2) is 3.86. The van der Waals surface area contributed by atoms with E-state index in [2.05, 4.69) is 16.1 Å². The first-order chi connectivity index (χ1) is 8.61. The van der Waals surface area contributed by atoms with Crippen molar-refractivity contribution in [3.8, 4) is 11.5 Å². The summed E-state index contributed by atoms with van der Waals surface area (Å²) in [6, 6.07) is 5.11. The zero-order valence-corrected chi connectivity index (χ0v) is 9.73. The molecule has 0 N–H and O–H groups in total. The Morgan fingerprint density at radius 3 is 3.00 bits per heavy atom. The number of ether oxygens (including phenoxy) is 2. The van der Waals surface area contributed by atoms with Crippen molar-refractivity contribution >= 4 is 5.69 Å². The normalized spacial score (nSPS) is 24.3. The van der Waals surface area contributed by atoms with Gasteiger partial charge in [-0.25, -0.2) is 0 Å². The molecule has 3 rings (SSSR count). The van der Waals surface area contributed by atoms with Gasteiger partial charge in [0, 0.05) is 12.6 Å². The fourth-order valence-electron chi connectivity index (χ4n) is 2.52. The fourth-order valence-corrected chi connectivity index (χ4v) is 2.52. The van der Waals surface area contributed by atoms with Crippen molar-refractivity contribution < 1.29 is 18.3 Å². The van der Waals surface area contributed by atoms with Crippen molar-refractivity contribution in [2.75, 3.05) is 11.4 Å². The Hall–Kier alpha value is -1.78. The molecule has 1 aromatic rings. The smallest absolute Gasteiger partial charge is 0.395 e. The molecule has 0 amide bonds. The zero-order valence-electron chi connectivity index (χ0n) is 9.73. The molecule has 0 spiro atoms. The summed E-state index contributed by atoms with van der Waals surface area (Å²) in [6.45, 7) is 4.59. The number of anilines is 1. The first kappa shape index (κ1) is 11.3. The van der Waals surface area contributed by atoms with E-state index in [1.807, 2.05) is 11.0 Å². The number of benzene rings is 1. The SMILES string of the molecule is C=CC1CCCN1c1cccc2c1OC(F)(F)O2. The third kappa shape index (κ3) is 1.70. The van der Waals surface area contributed by atoms with Gasteiger partial charge < -0.3 is 14.4 Å². The van der Waals surface area contributed by atoms with Crippen LogP contribution in [0, 0.1) is 0 Å². The highest BCUT2D eigenvalue weighted by Gasteiger charge is 2.45. The molecule has 2 aliphatic heterocycles. The van der Waals surface area contributed by atoms with Gasteiger partial charge in [-0.2, -0.15) is 0 Å². The molecule has 1 aromatic carbocycles. The third-order valence-electron chi connectivity index (χ3n) is 3.29. The van der Waals surface area contributed by atoms with Crippen molar-refractivity contribution in [3.63, 3.8) is 0 Å². The van der Waals surface area contributed by atoms with E-state index in [9.17, 15) is 8.78 Å². The van der Waals surface area contributed by atoms with Crippen LogP contribution in [-0.2, 0) is 0 Å². The summed E-state index contributed by atoms with van der Waals surface area (Å²) in [4.78, 5) is 2.02. The minimum Gasteiger partial charge on any atom is -0.395 e. The summed E-state index contributed by atoms with van der Waals surface area (Å²) < 4.78 is 35.3. The van der Waals surface area contributed by atoms with Gasteiger partial charge in [-0.3, -0.25) is 0 Å². The molecular weight excluding hydrogens is 240 g/mol. The number of halogens is 2. The molecule has 3 nitrogen and oxygen atoms in total. The summed E-state index contributed by atoms with van der Waals surface area (Å²) in [7, 11) is 0. The highest BCUT2D eigenvalue weighted by atomic mass is 19.3. The molecule has 5 heteroatoms. The highest BCUT2D eigenvalue weighted by molar-refractivity contribution is 5.67. The Morgan fingerprint density at radius 1 is 1.39 bits per heavy atom. The zero-order chi connectivity index (χ0) is 12.8. The number of rotatable bonds is 2. The van der Waals surface area contributed by atoms with Crippen molar-refractivity contribution in [1.82, 2.24) is 0 Å². The minimum atomic E-state index is -3.57. The lowest BCUT2D eigenvalue weighted by atomic mass is 10.2. The van der Waals surface area contributed by atoms with E-state index in [0.29, 0.717) is 5.69 Å². The first-order valence-electron chi connectivity index (χ1n) is 5.89. The molecule has 1 atom stereocenters. The average Bonchev–Trinajstić information content (AvgIpc) is 2.89. The quantitative estimate of drug-likeness (QED) is 0.756. The summed E-state index contributed by atoms with van der Waals surface area (Å²) >= 11 is 0. The Bertz CT molecular complexity index is 490. The number of hydrogen-bond acceptors (Lipinski definition) is 3. The molecule has 18 heavy (non-hydrogen) atoms. The fraction of sp³-hybridized carbons (Fsp3) is 0.385. The van der Waals surface area contributed by atoms with E-state index in [-0.39, 0.29) is 17.5 Å². The second-order valence-corrected chi connectivity index (χ2v) is 4.41. The standard InChI is InChI=1S/C13H13F2NO2/c1-2-9-5-4-8-16(9)10-6-3-7-11-12(10)18-13(14,15)17-11/h2-3,6-7,9H,1,4-5,8H2. The molecule has 1 saturated heterocycles. The van der Waals surface area contributed by atoms with Crippen LogP contribution in [0.5, 0.6) is 11.5 Å². The highest BCUT2D eigenvalue weighted by Crippen LogP contribution is 2.48. The maximum Gasteiger partial charge on any atom is 0.586 e. The van der Waals surface area contributed by atoms with Crippen molar-refractivity contribution in [3.05, 3.63) is 30.9 Å². The van der Waals surface area contributed by atoms with Crippen LogP contribution in [0.1, 0.15) is 12.8 Å². The minimum absolute atomic E-state index is 0.0900. The van der Waals surface area contributed by atoms with E-state index in [1.54, 1.807) is 12.1 Å². The van der Waals surface area contributed by atoms with Gasteiger partial charge in [-0.05, 0) is 25.0 Å². The summed E-state index contributed by atoms with van der Waals surface area (Å²) in [5.41, 5.74) is 0.645. The largest absolute Gasteiger partial charge is 0.586 e. The predicted octanol–water partition coefficient (Wildman–Crippen LogP) is 3.16. The number of alkyl halides is 2. The maximum atomic E-state index is 13.1. The topological polar surface area (TPSA) is 21.7 Å². The van der Waals surface area contributed by atoms with E-state index >= 15 is 0 Å². The molecule has 96 valence electrons. The molecule has 1 fully saturated rings. The summed E-state index contributed by atoms with van der Waals surface area (Å²) in [5.74, 6) is 0.212. The molecule has 0 aliphatic carbocycles. The number of hydrogen-bond donors (Lipinski definition) is 0. The van der Waals surface area contributed by atoms with Crippen LogP contribution in [0.2, 0.25) is 0 Å². The summed E-state index contributed by atoms with van der Waals surface area (Å²) in [5, 5.41) is 0. The monoisotopic (exact) mass is 253 g/mol. The van der Waals surface area contributed by atoms with Gasteiger partial charge >= 0.3 is 6.29 Å². The lowest BCUT2D eigenvalue weighted by Crippen LogP contribution is -2.29. The molecule has 2 aliphatic rings. The molecule has 2 heterocycles. The summed E-state index contributed by atoms with van der Waals surface area (Å²) in [6.07, 6.45) is 0.254. The van der Waals surface area contributed by atoms with Crippen LogP contribution in [-0.4, -0.2) is 18.9 Å². The second-order valence-electron chi connectivity index (χ2n) is 4.41. The molecule has 0 radical (unpaired) electrons. The molecular formula is C13H13F2NO2. The van der Waals surface area contributed by atoms with Crippen molar-refractivity contribution in [2.45, 2.75) is 25.2 Å². The molecule has 1 unspecified atom stereocenters. The van der Waals surface area contributed by atoms with E-state index in [0.717, 1.165) is 19.4 Å². The average molecular weight is 253 g/mol. The molecule has 0 bridgehead atoms. The van der Waals surface area contributed by atoms with E-state index in [4.69, 9.17) is 0 Å². The Morgan fingerprint density at radius 2 is 2.22 bits per heavy atom. The van der Waals surface area contributed by atoms with Crippen LogP contribution in [0.4, 0.5) is 14.5 Å². The lowest BCUT2D eigenvalue weighted by Gasteiger charge is -2.25. The lowest BCUT2D eigenvalue weighted by molar-refractivity contribution is -0.286. The first-order valence-corrected chi connectivity index (χ1v) is 5.89. The van der Waals surface area contributed by atoms with Crippen LogP contribution in [0.15, 0.2) is 30.9 Å². The Labute approximate surface area is 104 Å².